The molecule has 1 aromatic carbocycles. The zero-order valence-corrected chi connectivity index (χ0v) is 26.3. The van der Waals surface area contributed by atoms with Gasteiger partial charge >= 0.3 is 6.09 Å². The molecule has 0 N–H and O–H groups in total. The fourth-order valence-electron chi connectivity index (χ4n) is 5.75. The van der Waals surface area contributed by atoms with Gasteiger partial charge in [0.1, 0.15) is 28.5 Å². The number of pyridine rings is 2. The van der Waals surface area contributed by atoms with Gasteiger partial charge in [-0.15, -0.1) is 0 Å². The van der Waals surface area contributed by atoms with Crippen LogP contribution in [0.5, 0.6) is 0 Å². The van der Waals surface area contributed by atoms with Crippen LogP contribution in [0.25, 0.3) is 27.8 Å². The maximum absolute atomic E-state index is 12.5. The molecule has 0 atom stereocenters. The largest absolute Gasteiger partial charge is 0.444 e. The SMILES string of the molecule is CC(C)(C)OC(=O)N1CCN(c2ccc(-c3c(C#Cc4ccc5ccccc5n4)nc4c(N5CCOCC5)ccnn34)cn2)CC1. The fraction of sp³-hybridized carbons (Fsp3) is 0.343. The van der Waals surface area contributed by atoms with E-state index >= 15 is 0 Å². The molecule has 0 saturated carbocycles. The van der Waals surface area contributed by atoms with E-state index in [0.717, 1.165) is 52.4 Å². The second-order valence-corrected chi connectivity index (χ2v) is 12.4. The van der Waals surface area contributed by atoms with Crippen LogP contribution in [0.15, 0.2) is 67.0 Å². The Bertz CT molecular complexity index is 1940. The number of morpholine rings is 1. The van der Waals surface area contributed by atoms with Crippen molar-refractivity contribution in [2.75, 3.05) is 62.3 Å². The van der Waals surface area contributed by atoms with E-state index in [1.165, 1.54) is 0 Å². The van der Waals surface area contributed by atoms with Crippen molar-refractivity contribution < 1.29 is 14.3 Å². The molecule has 2 fully saturated rings. The molecule has 4 aromatic heterocycles. The van der Waals surface area contributed by atoms with Gasteiger partial charge in [0.25, 0.3) is 0 Å². The highest BCUT2D eigenvalue weighted by atomic mass is 16.6. The van der Waals surface area contributed by atoms with Crippen LogP contribution in [0, 0.1) is 11.8 Å². The van der Waals surface area contributed by atoms with Gasteiger partial charge in [0, 0.05) is 56.4 Å². The highest BCUT2D eigenvalue weighted by Gasteiger charge is 2.27. The highest BCUT2D eigenvalue weighted by Crippen LogP contribution is 2.30. The number of fused-ring (bicyclic) bond motifs is 2. The monoisotopic (exact) mass is 616 g/mol. The lowest BCUT2D eigenvalue weighted by atomic mass is 10.1. The van der Waals surface area contributed by atoms with Gasteiger partial charge in [-0.1, -0.05) is 24.3 Å². The molecule has 2 aliphatic rings. The van der Waals surface area contributed by atoms with Gasteiger partial charge in [-0.3, -0.25) is 0 Å². The number of carbonyl (C=O) groups is 1. The third-order valence-electron chi connectivity index (χ3n) is 8.03. The topological polar surface area (TPSA) is 101 Å². The van der Waals surface area contributed by atoms with Crippen LogP contribution < -0.4 is 9.80 Å². The Balaban J connectivity index is 1.20. The van der Waals surface area contributed by atoms with Gasteiger partial charge < -0.3 is 24.2 Å². The van der Waals surface area contributed by atoms with E-state index in [1.807, 2.05) is 86.1 Å². The molecule has 0 bridgehead atoms. The molecule has 0 unspecified atom stereocenters. The summed E-state index contributed by atoms with van der Waals surface area (Å²) in [7, 11) is 0. The van der Waals surface area contributed by atoms with Crippen molar-refractivity contribution in [3.63, 3.8) is 0 Å². The van der Waals surface area contributed by atoms with Gasteiger partial charge in [0.15, 0.2) is 5.65 Å². The Labute approximate surface area is 267 Å². The molecule has 46 heavy (non-hydrogen) atoms. The summed E-state index contributed by atoms with van der Waals surface area (Å²) in [6, 6.07) is 18.0. The molecule has 0 radical (unpaired) electrons. The predicted molar refractivity (Wildman–Crippen MR) is 177 cm³/mol. The summed E-state index contributed by atoms with van der Waals surface area (Å²) < 4.78 is 13.0. The molecule has 11 nitrogen and oxygen atoms in total. The van der Waals surface area contributed by atoms with Crippen LogP contribution in [0.3, 0.4) is 0 Å². The van der Waals surface area contributed by atoms with Crippen LogP contribution in [0.2, 0.25) is 0 Å². The summed E-state index contributed by atoms with van der Waals surface area (Å²) in [5, 5.41) is 5.79. The Kier molecular flexibility index (Phi) is 7.88. The average Bonchev–Trinajstić information content (AvgIpc) is 3.45. The van der Waals surface area contributed by atoms with Gasteiger partial charge in [-0.25, -0.2) is 24.3 Å². The van der Waals surface area contributed by atoms with Crippen molar-refractivity contribution in [2.45, 2.75) is 26.4 Å². The van der Waals surface area contributed by atoms with E-state index in [-0.39, 0.29) is 6.09 Å². The zero-order chi connectivity index (χ0) is 31.7. The van der Waals surface area contributed by atoms with Crippen molar-refractivity contribution >= 4 is 34.1 Å². The Hall–Kier alpha value is -5.21. The molecule has 0 aliphatic carbocycles. The van der Waals surface area contributed by atoms with Gasteiger partial charge in [-0.2, -0.15) is 5.10 Å². The van der Waals surface area contributed by atoms with Crippen LogP contribution in [-0.4, -0.2) is 93.6 Å². The van der Waals surface area contributed by atoms with Crippen molar-refractivity contribution in [2.24, 2.45) is 0 Å². The van der Waals surface area contributed by atoms with E-state index in [0.29, 0.717) is 50.8 Å². The Morgan fingerprint density at radius 3 is 2.43 bits per heavy atom. The van der Waals surface area contributed by atoms with E-state index in [9.17, 15) is 4.79 Å². The number of carbonyl (C=O) groups excluding carboxylic acids is 1. The van der Waals surface area contributed by atoms with Crippen molar-refractivity contribution in [3.05, 3.63) is 78.4 Å². The molecule has 5 aromatic rings. The minimum Gasteiger partial charge on any atom is -0.444 e. The number of imidazole rings is 1. The van der Waals surface area contributed by atoms with Gasteiger partial charge in [0.2, 0.25) is 0 Å². The number of aromatic nitrogens is 5. The number of anilines is 2. The number of ether oxygens (including phenoxy) is 2. The van der Waals surface area contributed by atoms with Crippen LogP contribution in [-0.2, 0) is 9.47 Å². The second kappa shape index (κ2) is 12.3. The number of amides is 1. The molecule has 6 heterocycles. The van der Waals surface area contributed by atoms with E-state index in [1.54, 1.807) is 11.1 Å². The lowest BCUT2D eigenvalue weighted by molar-refractivity contribution is 0.0240. The molecule has 1 amide bonds. The minimum absolute atomic E-state index is 0.278. The highest BCUT2D eigenvalue weighted by molar-refractivity contribution is 5.80. The van der Waals surface area contributed by atoms with Gasteiger partial charge in [0.05, 0.1) is 30.6 Å². The molecule has 7 rings (SSSR count). The van der Waals surface area contributed by atoms with Crippen LogP contribution in [0.1, 0.15) is 32.2 Å². The van der Waals surface area contributed by atoms with Gasteiger partial charge in [-0.05, 0) is 62.9 Å². The molecule has 2 aliphatic heterocycles. The first-order valence-corrected chi connectivity index (χ1v) is 15.6. The first-order valence-electron chi connectivity index (χ1n) is 15.6. The van der Waals surface area contributed by atoms with Crippen molar-refractivity contribution in [3.8, 4) is 23.1 Å². The molecule has 0 spiro atoms. The third-order valence-corrected chi connectivity index (χ3v) is 8.03. The number of rotatable bonds is 3. The number of nitrogens with zero attached hydrogens (tertiary/aromatic N) is 8. The summed E-state index contributed by atoms with van der Waals surface area (Å²) in [6.45, 7) is 11.0. The number of para-hydroxylation sites is 1. The molecule has 234 valence electrons. The van der Waals surface area contributed by atoms with Crippen LogP contribution in [0.4, 0.5) is 16.3 Å². The quantitative estimate of drug-likeness (QED) is 0.269. The average molecular weight is 617 g/mol. The van der Waals surface area contributed by atoms with E-state index in [4.69, 9.17) is 29.5 Å². The first kappa shape index (κ1) is 29.5. The molecule has 2 saturated heterocycles. The lowest BCUT2D eigenvalue weighted by Gasteiger charge is -2.36. The summed E-state index contributed by atoms with van der Waals surface area (Å²) in [5.74, 6) is 7.39. The number of piperazine rings is 1. The Morgan fingerprint density at radius 2 is 1.67 bits per heavy atom. The molecule has 11 heteroatoms. The Morgan fingerprint density at radius 1 is 0.870 bits per heavy atom. The lowest BCUT2D eigenvalue weighted by Crippen LogP contribution is -2.50. The molecular weight excluding hydrogens is 580 g/mol. The van der Waals surface area contributed by atoms with Crippen molar-refractivity contribution in [1.29, 1.82) is 0 Å². The summed E-state index contributed by atoms with van der Waals surface area (Å²) in [4.78, 5) is 33.3. The van der Waals surface area contributed by atoms with Crippen LogP contribution >= 0.6 is 0 Å². The smallest absolute Gasteiger partial charge is 0.410 e. The third kappa shape index (κ3) is 6.17. The van der Waals surface area contributed by atoms with E-state index in [2.05, 4.69) is 21.6 Å². The standard InChI is InChI=1S/C35H36N8O3/c1-35(2,3)46-34(44)42-18-16-41(17-19-42)31-13-9-26(24-36-31)32-29(12-11-27-10-8-25-6-4-5-7-28(25)38-27)39-33-30(14-15-37-43(32)33)40-20-22-45-23-21-40/h4-10,13-15,24H,16-23H2,1-3H3. The maximum atomic E-state index is 12.5. The van der Waals surface area contributed by atoms with Crippen molar-refractivity contribution in [1.82, 2.24) is 29.5 Å². The normalized spacial score (nSPS) is 15.6. The number of hydrogen-bond donors (Lipinski definition) is 0. The first-order chi connectivity index (χ1) is 22.3. The fourth-order valence-corrected chi connectivity index (χ4v) is 5.75. The summed E-state index contributed by atoms with van der Waals surface area (Å²) >= 11 is 0. The predicted octanol–water partition coefficient (Wildman–Crippen LogP) is 4.63. The molecular formula is C35H36N8O3. The zero-order valence-electron chi connectivity index (χ0n) is 26.3. The van der Waals surface area contributed by atoms with E-state index < -0.39 is 5.60 Å². The minimum atomic E-state index is -0.517. The number of benzene rings is 1. The summed E-state index contributed by atoms with van der Waals surface area (Å²) in [6.07, 6.45) is 3.37. The second-order valence-electron chi connectivity index (χ2n) is 12.4. The summed E-state index contributed by atoms with van der Waals surface area (Å²) in [5.41, 5.74) is 4.99. The number of hydrogen-bond acceptors (Lipinski definition) is 9. The maximum Gasteiger partial charge on any atom is 0.410 e.